The first kappa shape index (κ1) is 27.9. The molecule has 3 nitrogen and oxygen atoms in total. The minimum absolute atomic E-state index is 0.0536. The Morgan fingerprint density at radius 3 is 1.36 bits per heavy atom. The Morgan fingerprint density at radius 1 is 0.500 bits per heavy atom. The molecule has 0 radical (unpaired) electrons. The predicted molar refractivity (Wildman–Crippen MR) is 122 cm³/mol. The van der Waals surface area contributed by atoms with Crippen LogP contribution in [0.5, 0.6) is 0 Å². The van der Waals surface area contributed by atoms with Crippen LogP contribution in [-0.4, -0.2) is 37.1 Å². The number of hydrogen-bond donors (Lipinski definition) is 1. The van der Waals surface area contributed by atoms with Gasteiger partial charge in [0.15, 0.2) is 0 Å². The Labute approximate surface area is 177 Å². The van der Waals surface area contributed by atoms with Crippen molar-refractivity contribution in [1.82, 2.24) is 0 Å². The monoisotopic (exact) mass is 400 g/mol. The van der Waals surface area contributed by atoms with Gasteiger partial charge in [-0.1, -0.05) is 111 Å². The molecule has 2 atom stereocenters. The average Bonchev–Trinajstić information content (AvgIpc) is 2.71. The third-order valence-corrected chi connectivity index (χ3v) is 5.60. The van der Waals surface area contributed by atoms with Gasteiger partial charge < -0.3 is 14.6 Å². The summed E-state index contributed by atoms with van der Waals surface area (Å²) in [7, 11) is 0. The molecule has 0 fully saturated rings. The van der Waals surface area contributed by atoms with E-state index in [1.807, 2.05) is 0 Å². The quantitative estimate of drug-likeness (QED) is 0.181. The number of ether oxygens (including phenoxy) is 2. The fourth-order valence-electron chi connectivity index (χ4n) is 3.66. The molecule has 0 amide bonds. The highest BCUT2D eigenvalue weighted by atomic mass is 16.5. The molecule has 0 aliphatic rings. The normalized spacial score (nSPS) is 13.7. The lowest BCUT2D eigenvalue weighted by molar-refractivity contribution is -0.0971. The molecule has 0 aliphatic carbocycles. The van der Waals surface area contributed by atoms with Crippen LogP contribution < -0.4 is 0 Å². The van der Waals surface area contributed by atoms with Crippen molar-refractivity contribution in [1.29, 1.82) is 0 Å². The molecule has 0 rings (SSSR count). The lowest BCUT2D eigenvalue weighted by Gasteiger charge is -2.26. The van der Waals surface area contributed by atoms with Crippen molar-refractivity contribution < 1.29 is 14.6 Å². The van der Waals surface area contributed by atoms with Gasteiger partial charge in [-0.15, -0.1) is 0 Å². The Kier molecular flexibility index (Phi) is 23.1. The van der Waals surface area contributed by atoms with E-state index in [-0.39, 0.29) is 18.8 Å². The molecule has 0 saturated heterocycles. The highest BCUT2D eigenvalue weighted by molar-refractivity contribution is 4.71. The molecule has 0 heterocycles. The molecule has 1 N–H and O–H groups in total. The zero-order valence-corrected chi connectivity index (χ0v) is 19.6. The topological polar surface area (TPSA) is 38.7 Å². The van der Waals surface area contributed by atoms with Crippen molar-refractivity contribution in [2.45, 2.75) is 142 Å². The summed E-state index contributed by atoms with van der Waals surface area (Å²) in [5.74, 6) is 0. The summed E-state index contributed by atoms with van der Waals surface area (Å²) in [5, 5.41) is 9.86. The Balaban J connectivity index is 4.14. The Morgan fingerprint density at radius 2 is 0.893 bits per heavy atom. The van der Waals surface area contributed by atoms with Crippen LogP contribution in [0.2, 0.25) is 0 Å². The number of aliphatic hydroxyl groups is 1. The maximum atomic E-state index is 9.86. The van der Waals surface area contributed by atoms with Gasteiger partial charge in [-0.2, -0.15) is 0 Å². The van der Waals surface area contributed by atoms with Crippen molar-refractivity contribution in [3.63, 3.8) is 0 Å². The summed E-state index contributed by atoms with van der Waals surface area (Å²) in [4.78, 5) is 0. The van der Waals surface area contributed by atoms with E-state index in [0.29, 0.717) is 0 Å². The fourth-order valence-corrected chi connectivity index (χ4v) is 3.66. The van der Waals surface area contributed by atoms with Gasteiger partial charge in [-0.3, -0.25) is 0 Å². The van der Waals surface area contributed by atoms with Gasteiger partial charge in [0, 0.05) is 13.2 Å². The first-order valence-electron chi connectivity index (χ1n) is 12.6. The van der Waals surface area contributed by atoms with Gasteiger partial charge in [-0.05, 0) is 19.3 Å². The molecular formula is C25H52O3. The SMILES string of the molecule is CCCCCCCCCCC(OCCCCCC)C(CO)OCCCCCC. The standard InChI is InChI=1S/C25H52O3/c1-4-7-10-13-14-15-16-17-20-24(27-21-18-11-8-5-2)25(23-26)28-22-19-12-9-6-3/h24-26H,4-23H2,1-3H3. The Bertz CT molecular complexity index is 283. The van der Waals surface area contributed by atoms with Crippen LogP contribution in [0.25, 0.3) is 0 Å². The average molecular weight is 401 g/mol. The van der Waals surface area contributed by atoms with Crippen molar-refractivity contribution in [2.24, 2.45) is 0 Å². The summed E-state index contributed by atoms with van der Waals surface area (Å²) in [6.45, 7) is 8.36. The van der Waals surface area contributed by atoms with E-state index < -0.39 is 0 Å². The van der Waals surface area contributed by atoms with Crippen molar-refractivity contribution in [3.8, 4) is 0 Å². The minimum Gasteiger partial charge on any atom is -0.394 e. The summed E-state index contributed by atoms with van der Waals surface area (Å²) in [6, 6.07) is 0. The molecular weight excluding hydrogens is 348 g/mol. The molecule has 0 spiro atoms. The second-order valence-electron chi connectivity index (χ2n) is 8.39. The molecule has 3 heteroatoms. The lowest BCUT2D eigenvalue weighted by Crippen LogP contribution is -2.35. The van der Waals surface area contributed by atoms with E-state index in [9.17, 15) is 5.11 Å². The van der Waals surface area contributed by atoms with Crippen LogP contribution in [0.1, 0.15) is 130 Å². The molecule has 28 heavy (non-hydrogen) atoms. The summed E-state index contributed by atoms with van der Waals surface area (Å²) in [5.41, 5.74) is 0. The second kappa shape index (κ2) is 23.2. The van der Waals surface area contributed by atoms with Gasteiger partial charge in [0.05, 0.1) is 12.7 Å². The van der Waals surface area contributed by atoms with Crippen LogP contribution in [-0.2, 0) is 9.47 Å². The van der Waals surface area contributed by atoms with Gasteiger partial charge in [0.25, 0.3) is 0 Å². The third kappa shape index (κ3) is 17.9. The van der Waals surface area contributed by atoms with Gasteiger partial charge in [0.2, 0.25) is 0 Å². The molecule has 0 aliphatic heterocycles. The summed E-state index contributed by atoms with van der Waals surface area (Å²) >= 11 is 0. The molecule has 170 valence electrons. The van der Waals surface area contributed by atoms with Crippen LogP contribution >= 0.6 is 0 Å². The zero-order chi connectivity index (χ0) is 20.7. The summed E-state index contributed by atoms with van der Waals surface area (Å²) < 4.78 is 12.2. The molecule has 0 bridgehead atoms. The third-order valence-electron chi connectivity index (χ3n) is 5.60. The van der Waals surface area contributed by atoms with Crippen molar-refractivity contribution >= 4 is 0 Å². The van der Waals surface area contributed by atoms with E-state index in [1.165, 1.54) is 89.9 Å². The maximum Gasteiger partial charge on any atom is 0.107 e. The fraction of sp³-hybridized carbons (Fsp3) is 1.00. The predicted octanol–water partition coefficient (Wildman–Crippen LogP) is 7.44. The largest absolute Gasteiger partial charge is 0.394 e. The number of rotatable bonds is 23. The highest BCUT2D eigenvalue weighted by Gasteiger charge is 2.22. The number of unbranched alkanes of at least 4 members (excludes halogenated alkanes) is 13. The van der Waals surface area contributed by atoms with E-state index >= 15 is 0 Å². The van der Waals surface area contributed by atoms with Gasteiger partial charge in [0.1, 0.15) is 6.10 Å². The van der Waals surface area contributed by atoms with Crippen LogP contribution in [0.4, 0.5) is 0 Å². The number of hydrogen-bond acceptors (Lipinski definition) is 3. The first-order chi connectivity index (χ1) is 13.8. The number of aliphatic hydroxyl groups excluding tert-OH is 1. The van der Waals surface area contributed by atoms with E-state index in [4.69, 9.17) is 9.47 Å². The van der Waals surface area contributed by atoms with Gasteiger partial charge >= 0.3 is 0 Å². The van der Waals surface area contributed by atoms with E-state index in [2.05, 4.69) is 20.8 Å². The molecule has 0 aromatic carbocycles. The molecule has 2 unspecified atom stereocenters. The van der Waals surface area contributed by atoms with Crippen molar-refractivity contribution in [2.75, 3.05) is 19.8 Å². The molecule has 0 aromatic rings. The first-order valence-corrected chi connectivity index (χ1v) is 12.6. The smallest absolute Gasteiger partial charge is 0.107 e. The molecule has 0 saturated carbocycles. The van der Waals surface area contributed by atoms with Crippen LogP contribution in [0.15, 0.2) is 0 Å². The van der Waals surface area contributed by atoms with Crippen LogP contribution in [0.3, 0.4) is 0 Å². The highest BCUT2D eigenvalue weighted by Crippen LogP contribution is 2.17. The lowest BCUT2D eigenvalue weighted by atomic mass is 10.0. The van der Waals surface area contributed by atoms with Gasteiger partial charge in [-0.25, -0.2) is 0 Å². The second-order valence-corrected chi connectivity index (χ2v) is 8.39. The summed E-state index contributed by atoms with van der Waals surface area (Å²) in [6.07, 6.45) is 21.2. The van der Waals surface area contributed by atoms with Crippen molar-refractivity contribution in [3.05, 3.63) is 0 Å². The zero-order valence-electron chi connectivity index (χ0n) is 19.6. The van der Waals surface area contributed by atoms with Crippen LogP contribution in [0, 0.1) is 0 Å². The molecule has 0 aromatic heterocycles. The van der Waals surface area contributed by atoms with E-state index in [0.717, 1.165) is 32.5 Å². The Hall–Kier alpha value is -0.120. The van der Waals surface area contributed by atoms with E-state index in [1.54, 1.807) is 0 Å². The maximum absolute atomic E-state index is 9.86. The minimum atomic E-state index is -0.155.